The van der Waals surface area contributed by atoms with Crippen molar-refractivity contribution in [1.29, 1.82) is 0 Å². The topological polar surface area (TPSA) is 29.5 Å². The Balaban J connectivity index is 2.33. The molecule has 132 valence electrons. The van der Waals surface area contributed by atoms with Gasteiger partial charge in [0.2, 0.25) is 0 Å². The van der Waals surface area contributed by atoms with Gasteiger partial charge in [-0.05, 0) is 65.5 Å². The molecule has 0 aliphatic rings. The van der Waals surface area contributed by atoms with E-state index in [1.807, 2.05) is 24.3 Å². The number of hydrogen-bond acceptors (Lipinski definition) is 2. The maximum atomic E-state index is 9.28. The second-order valence-electron chi connectivity index (χ2n) is 6.54. The van der Waals surface area contributed by atoms with E-state index in [4.69, 9.17) is 4.74 Å². The molecule has 0 aromatic heterocycles. The summed E-state index contributed by atoms with van der Waals surface area (Å²) in [6, 6.07) is 7.61. The maximum absolute atomic E-state index is 9.28. The van der Waals surface area contributed by atoms with Gasteiger partial charge in [-0.15, -0.1) is 0 Å². The van der Waals surface area contributed by atoms with Gasteiger partial charge >= 0.3 is 0 Å². The van der Waals surface area contributed by atoms with Gasteiger partial charge < -0.3 is 9.84 Å². The lowest BCUT2D eigenvalue weighted by Gasteiger charge is -2.08. The number of rotatable bonds is 10. The number of ether oxygens (including phenoxy) is 1. The van der Waals surface area contributed by atoms with Crippen LogP contribution in [-0.2, 0) is 6.61 Å². The van der Waals surface area contributed by atoms with Crippen LogP contribution >= 0.6 is 0 Å². The van der Waals surface area contributed by atoms with Crippen LogP contribution in [0, 0.1) is 0 Å². The van der Waals surface area contributed by atoms with Crippen molar-refractivity contribution in [3.63, 3.8) is 0 Å². The number of aliphatic hydroxyl groups excluding tert-OH is 1. The number of benzene rings is 1. The average Bonchev–Trinajstić information content (AvgIpc) is 2.55. The number of hydrogen-bond donors (Lipinski definition) is 1. The third-order valence-corrected chi connectivity index (χ3v) is 3.94. The van der Waals surface area contributed by atoms with Gasteiger partial charge in [-0.25, -0.2) is 0 Å². The van der Waals surface area contributed by atoms with E-state index in [1.165, 1.54) is 16.7 Å². The van der Waals surface area contributed by atoms with E-state index in [1.54, 1.807) is 0 Å². The molecule has 0 fully saturated rings. The van der Waals surface area contributed by atoms with Crippen LogP contribution in [0.25, 0.3) is 0 Å². The van der Waals surface area contributed by atoms with Gasteiger partial charge in [0.15, 0.2) is 0 Å². The molecule has 1 N–H and O–H groups in total. The van der Waals surface area contributed by atoms with Crippen molar-refractivity contribution in [2.45, 2.75) is 60.0 Å². The molecule has 0 heterocycles. The van der Waals surface area contributed by atoms with Gasteiger partial charge in [0.25, 0.3) is 0 Å². The molecule has 0 amide bonds. The number of para-hydroxylation sites is 1. The zero-order valence-electron chi connectivity index (χ0n) is 15.6. The molecule has 0 unspecified atom stereocenters. The first kappa shape index (κ1) is 20.2. The standard InChI is InChI=1S/C22H32O2/c1-18(2)9-7-10-19(3)11-8-12-20(4)15-16-24-22-14-6-5-13-21(22)17-23/h5-6,9,11,13-15,23H,7-8,10,12,16-17H2,1-4H3/b19-11+,20-15+. The van der Waals surface area contributed by atoms with Crippen molar-refractivity contribution in [3.8, 4) is 5.75 Å². The Bertz CT molecular complexity index is 575. The quantitative estimate of drug-likeness (QED) is 0.536. The Labute approximate surface area is 147 Å². The normalized spacial score (nSPS) is 12.2. The fourth-order valence-corrected chi connectivity index (χ4v) is 2.39. The highest BCUT2D eigenvalue weighted by atomic mass is 16.5. The van der Waals surface area contributed by atoms with E-state index in [-0.39, 0.29) is 6.61 Å². The highest BCUT2D eigenvalue weighted by Gasteiger charge is 2.00. The first-order valence-corrected chi connectivity index (χ1v) is 8.79. The number of allylic oxidation sites excluding steroid dienone is 5. The lowest BCUT2D eigenvalue weighted by Crippen LogP contribution is -1.98. The molecule has 0 bridgehead atoms. The molecule has 0 saturated heterocycles. The zero-order chi connectivity index (χ0) is 17.8. The van der Waals surface area contributed by atoms with E-state index in [2.05, 4.69) is 45.9 Å². The van der Waals surface area contributed by atoms with Crippen molar-refractivity contribution in [1.82, 2.24) is 0 Å². The van der Waals surface area contributed by atoms with Crippen molar-refractivity contribution < 1.29 is 9.84 Å². The van der Waals surface area contributed by atoms with Crippen molar-refractivity contribution in [3.05, 3.63) is 64.8 Å². The molecule has 1 aromatic carbocycles. The molecule has 0 aliphatic carbocycles. The summed E-state index contributed by atoms with van der Waals surface area (Å²) >= 11 is 0. The summed E-state index contributed by atoms with van der Waals surface area (Å²) in [5.74, 6) is 0.763. The summed E-state index contributed by atoms with van der Waals surface area (Å²) in [5, 5.41) is 9.28. The SMILES string of the molecule is CC(C)=CCC/C(C)=C/CC/C(C)=C/COc1ccccc1CO. The molecular formula is C22H32O2. The minimum absolute atomic E-state index is 0.00961. The molecule has 2 nitrogen and oxygen atoms in total. The molecule has 0 saturated carbocycles. The summed E-state index contributed by atoms with van der Waals surface area (Å²) in [7, 11) is 0. The molecule has 1 aromatic rings. The highest BCUT2D eigenvalue weighted by Crippen LogP contribution is 2.18. The molecule has 2 heteroatoms. The average molecular weight is 328 g/mol. The predicted molar refractivity (Wildman–Crippen MR) is 103 cm³/mol. The highest BCUT2D eigenvalue weighted by molar-refractivity contribution is 5.32. The van der Waals surface area contributed by atoms with E-state index in [0.29, 0.717) is 6.61 Å². The van der Waals surface area contributed by atoms with E-state index in [0.717, 1.165) is 37.0 Å². The van der Waals surface area contributed by atoms with Crippen LogP contribution < -0.4 is 4.74 Å². The maximum Gasteiger partial charge on any atom is 0.125 e. The predicted octanol–water partition coefficient (Wildman–Crippen LogP) is 5.98. The minimum atomic E-state index is 0.00961. The van der Waals surface area contributed by atoms with E-state index < -0.39 is 0 Å². The molecule has 24 heavy (non-hydrogen) atoms. The molecule has 0 aliphatic heterocycles. The van der Waals surface area contributed by atoms with Gasteiger partial charge in [-0.2, -0.15) is 0 Å². The second kappa shape index (κ2) is 11.7. The molecule has 0 radical (unpaired) electrons. The fourth-order valence-electron chi connectivity index (χ4n) is 2.39. The van der Waals surface area contributed by atoms with Crippen LogP contribution in [0.1, 0.15) is 58.9 Å². The van der Waals surface area contributed by atoms with E-state index in [9.17, 15) is 5.11 Å². The van der Waals surface area contributed by atoms with Gasteiger partial charge in [-0.3, -0.25) is 0 Å². The van der Waals surface area contributed by atoms with Gasteiger partial charge in [0, 0.05) is 5.56 Å². The Kier molecular flexibility index (Phi) is 9.86. The summed E-state index contributed by atoms with van der Waals surface area (Å²) in [6.45, 7) is 9.21. The lowest BCUT2D eigenvalue weighted by molar-refractivity contribution is 0.270. The lowest BCUT2D eigenvalue weighted by atomic mass is 10.1. The second-order valence-corrected chi connectivity index (χ2v) is 6.54. The van der Waals surface area contributed by atoms with Crippen molar-refractivity contribution >= 4 is 0 Å². The van der Waals surface area contributed by atoms with Crippen LogP contribution in [0.4, 0.5) is 0 Å². The first-order chi connectivity index (χ1) is 11.5. The summed E-state index contributed by atoms with van der Waals surface area (Å²) < 4.78 is 5.74. The Morgan fingerprint density at radius 3 is 2.21 bits per heavy atom. The summed E-state index contributed by atoms with van der Waals surface area (Å²) in [5.41, 5.74) is 5.03. The summed E-state index contributed by atoms with van der Waals surface area (Å²) in [6.07, 6.45) is 11.2. The fraction of sp³-hybridized carbons (Fsp3) is 0.455. The summed E-state index contributed by atoms with van der Waals surface area (Å²) in [4.78, 5) is 0. The van der Waals surface area contributed by atoms with E-state index >= 15 is 0 Å². The van der Waals surface area contributed by atoms with Crippen molar-refractivity contribution in [2.24, 2.45) is 0 Å². The number of aliphatic hydroxyl groups is 1. The molecule has 0 atom stereocenters. The van der Waals surface area contributed by atoms with Gasteiger partial charge in [0.05, 0.1) is 6.61 Å². The molecule has 0 spiro atoms. The van der Waals surface area contributed by atoms with Gasteiger partial charge in [-0.1, -0.05) is 47.1 Å². The molecular weight excluding hydrogens is 296 g/mol. The third-order valence-electron chi connectivity index (χ3n) is 3.94. The monoisotopic (exact) mass is 328 g/mol. The van der Waals surface area contributed by atoms with Crippen LogP contribution in [0.15, 0.2) is 59.2 Å². The Morgan fingerprint density at radius 1 is 0.917 bits per heavy atom. The Hall–Kier alpha value is -1.80. The smallest absolute Gasteiger partial charge is 0.125 e. The Morgan fingerprint density at radius 2 is 1.54 bits per heavy atom. The minimum Gasteiger partial charge on any atom is -0.489 e. The first-order valence-electron chi connectivity index (χ1n) is 8.79. The van der Waals surface area contributed by atoms with Crippen molar-refractivity contribution in [2.75, 3.05) is 6.61 Å². The largest absolute Gasteiger partial charge is 0.489 e. The zero-order valence-corrected chi connectivity index (χ0v) is 15.6. The van der Waals surface area contributed by atoms with Gasteiger partial charge in [0.1, 0.15) is 12.4 Å². The van der Waals surface area contributed by atoms with Crippen LogP contribution in [0.2, 0.25) is 0 Å². The third kappa shape index (κ3) is 8.73. The van der Waals surface area contributed by atoms with Crippen LogP contribution in [0.3, 0.4) is 0 Å². The van der Waals surface area contributed by atoms with Crippen LogP contribution in [0.5, 0.6) is 5.75 Å². The van der Waals surface area contributed by atoms with Crippen LogP contribution in [-0.4, -0.2) is 11.7 Å². The molecule has 1 rings (SSSR count).